The molecule has 0 unspecified atom stereocenters. The number of rotatable bonds is 20. The molecule has 2 aromatic carbocycles. The molecule has 0 radical (unpaired) electrons. The van der Waals surface area contributed by atoms with E-state index in [1.807, 2.05) is 24.3 Å². The minimum Gasteiger partial charge on any atom is -0.493 e. The Bertz CT molecular complexity index is 1170. The second-order valence-electron chi connectivity index (χ2n) is 10.7. The quantitative estimate of drug-likeness (QED) is 0.132. The molecule has 1 N–H and O–H groups in total. The molecule has 0 fully saturated rings. The fourth-order valence-corrected chi connectivity index (χ4v) is 5.28. The Balaban J connectivity index is 1.45. The second-order valence-corrected chi connectivity index (χ2v) is 10.7. The summed E-state index contributed by atoms with van der Waals surface area (Å²) in [5.41, 5.74) is 3.79. The SMILES string of the molecule is CCCc1c(OCCCCCCc2cccc(OCCCCCC(=O)OC)c2CCC(=O)O)ccc2c1OCCC2=O. The summed E-state index contributed by atoms with van der Waals surface area (Å²) in [6, 6.07) is 9.70. The van der Waals surface area contributed by atoms with Gasteiger partial charge in [-0.1, -0.05) is 38.3 Å². The highest BCUT2D eigenvalue weighted by molar-refractivity contribution is 6.00. The zero-order valence-corrected chi connectivity index (χ0v) is 25.2. The Hall–Kier alpha value is -3.55. The minimum absolute atomic E-state index is 0.0613. The number of hydrogen-bond donors (Lipinski definition) is 1. The number of aliphatic carboxylic acids is 1. The van der Waals surface area contributed by atoms with Crippen molar-refractivity contribution >= 4 is 17.7 Å². The van der Waals surface area contributed by atoms with Gasteiger partial charge in [-0.3, -0.25) is 14.4 Å². The van der Waals surface area contributed by atoms with E-state index < -0.39 is 5.97 Å². The predicted molar refractivity (Wildman–Crippen MR) is 161 cm³/mol. The third-order valence-corrected chi connectivity index (χ3v) is 7.52. The van der Waals surface area contributed by atoms with Gasteiger partial charge in [-0.15, -0.1) is 0 Å². The van der Waals surface area contributed by atoms with Crippen molar-refractivity contribution < 1.29 is 38.4 Å². The highest BCUT2D eigenvalue weighted by Gasteiger charge is 2.23. The maximum absolute atomic E-state index is 12.3. The number of Topliss-reactive ketones (excluding diaryl/α,β-unsaturated/α-hetero) is 1. The Morgan fingerprint density at radius 3 is 2.26 bits per heavy atom. The number of fused-ring (bicyclic) bond motifs is 1. The van der Waals surface area contributed by atoms with E-state index >= 15 is 0 Å². The largest absolute Gasteiger partial charge is 0.493 e. The summed E-state index contributed by atoms with van der Waals surface area (Å²) in [5.74, 6) is 1.39. The van der Waals surface area contributed by atoms with E-state index in [1.54, 1.807) is 0 Å². The van der Waals surface area contributed by atoms with Crippen LogP contribution >= 0.6 is 0 Å². The molecule has 3 rings (SSSR count). The van der Waals surface area contributed by atoms with Crippen molar-refractivity contribution in [2.45, 2.75) is 96.8 Å². The molecular weight excluding hydrogens is 536 g/mol. The van der Waals surface area contributed by atoms with Crippen LogP contribution in [0.3, 0.4) is 0 Å². The van der Waals surface area contributed by atoms with E-state index in [2.05, 4.69) is 17.7 Å². The molecule has 8 nitrogen and oxygen atoms in total. The van der Waals surface area contributed by atoms with Crippen molar-refractivity contribution in [3.05, 3.63) is 52.6 Å². The molecule has 1 aliphatic rings. The first-order valence-electron chi connectivity index (χ1n) is 15.4. The zero-order valence-electron chi connectivity index (χ0n) is 25.2. The first kappa shape index (κ1) is 33.0. The molecule has 0 saturated heterocycles. The normalized spacial score (nSPS) is 12.4. The summed E-state index contributed by atoms with van der Waals surface area (Å²) in [6.45, 7) is 3.67. The predicted octanol–water partition coefficient (Wildman–Crippen LogP) is 6.92. The third kappa shape index (κ3) is 10.4. The summed E-state index contributed by atoms with van der Waals surface area (Å²) in [4.78, 5) is 34.8. The van der Waals surface area contributed by atoms with Gasteiger partial charge in [-0.25, -0.2) is 0 Å². The van der Waals surface area contributed by atoms with Crippen LogP contribution in [0.25, 0.3) is 0 Å². The van der Waals surface area contributed by atoms with Crippen LogP contribution in [0.15, 0.2) is 30.3 Å². The van der Waals surface area contributed by atoms with Gasteiger partial charge < -0.3 is 24.1 Å². The van der Waals surface area contributed by atoms with E-state index in [-0.39, 0.29) is 18.2 Å². The van der Waals surface area contributed by atoms with Gasteiger partial charge in [0.25, 0.3) is 0 Å². The van der Waals surface area contributed by atoms with E-state index in [0.717, 1.165) is 92.4 Å². The molecular formula is C34H46O8. The molecule has 230 valence electrons. The molecule has 0 amide bonds. The lowest BCUT2D eigenvalue weighted by molar-refractivity contribution is -0.141. The van der Waals surface area contributed by atoms with Crippen molar-refractivity contribution in [3.8, 4) is 17.2 Å². The molecule has 0 atom stereocenters. The lowest BCUT2D eigenvalue weighted by atomic mass is 9.96. The number of carbonyl (C=O) groups excluding carboxylic acids is 2. The summed E-state index contributed by atoms with van der Waals surface area (Å²) in [5, 5.41) is 9.28. The summed E-state index contributed by atoms with van der Waals surface area (Å²) in [7, 11) is 1.40. The average molecular weight is 583 g/mol. The number of benzene rings is 2. The highest BCUT2D eigenvalue weighted by atomic mass is 16.5. The number of ether oxygens (including phenoxy) is 4. The number of hydrogen-bond acceptors (Lipinski definition) is 7. The van der Waals surface area contributed by atoms with Crippen molar-refractivity contribution in [3.63, 3.8) is 0 Å². The van der Waals surface area contributed by atoms with Crippen molar-refractivity contribution in [2.75, 3.05) is 26.9 Å². The minimum atomic E-state index is -0.822. The van der Waals surface area contributed by atoms with Gasteiger partial charge >= 0.3 is 11.9 Å². The summed E-state index contributed by atoms with van der Waals surface area (Å²) < 4.78 is 22.7. The number of carbonyl (C=O) groups is 3. The second kappa shape index (κ2) is 18.1. The van der Waals surface area contributed by atoms with E-state index in [0.29, 0.717) is 50.4 Å². The van der Waals surface area contributed by atoms with Crippen LogP contribution in [0.2, 0.25) is 0 Å². The maximum Gasteiger partial charge on any atom is 0.305 e. The van der Waals surface area contributed by atoms with Crippen LogP contribution in [0.4, 0.5) is 0 Å². The number of carboxylic acids is 1. The van der Waals surface area contributed by atoms with Gasteiger partial charge in [0.15, 0.2) is 5.78 Å². The molecule has 0 aromatic heterocycles. The lowest BCUT2D eigenvalue weighted by Crippen LogP contribution is -2.17. The van der Waals surface area contributed by atoms with Crippen LogP contribution in [0, 0.1) is 0 Å². The molecule has 2 aromatic rings. The Labute approximate surface area is 249 Å². The smallest absolute Gasteiger partial charge is 0.305 e. The van der Waals surface area contributed by atoms with Crippen LogP contribution in [-0.2, 0) is 33.6 Å². The van der Waals surface area contributed by atoms with Crippen LogP contribution < -0.4 is 14.2 Å². The molecule has 0 aliphatic carbocycles. The molecule has 1 aliphatic heterocycles. The van der Waals surface area contributed by atoms with Gasteiger partial charge in [0.2, 0.25) is 0 Å². The van der Waals surface area contributed by atoms with Crippen LogP contribution in [0.1, 0.15) is 105 Å². The maximum atomic E-state index is 12.3. The zero-order chi connectivity index (χ0) is 30.2. The number of carboxylic acid groups (broad SMARTS) is 1. The number of unbranched alkanes of at least 4 members (excludes halogenated alkanes) is 5. The average Bonchev–Trinajstić information content (AvgIpc) is 2.98. The topological polar surface area (TPSA) is 108 Å². The van der Waals surface area contributed by atoms with Crippen LogP contribution in [0.5, 0.6) is 17.2 Å². The van der Waals surface area contributed by atoms with Gasteiger partial charge in [-0.05, 0) is 80.7 Å². The fraction of sp³-hybridized carbons (Fsp3) is 0.559. The van der Waals surface area contributed by atoms with Crippen molar-refractivity contribution in [1.82, 2.24) is 0 Å². The molecule has 0 spiro atoms. The number of ketones is 1. The molecule has 0 bridgehead atoms. The Kier molecular flexibility index (Phi) is 14.2. The highest BCUT2D eigenvalue weighted by Crippen LogP contribution is 2.36. The number of aryl methyl sites for hydroxylation is 1. The molecule has 42 heavy (non-hydrogen) atoms. The van der Waals surface area contributed by atoms with E-state index in [9.17, 15) is 19.5 Å². The monoisotopic (exact) mass is 582 g/mol. The molecule has 1 heterocycles. The van der Waals surface area contributed by atoms with Gasteiger partial charge in [0.1, 0.15) is 17.2 Å². The molecule has 0 saturated carbocycles. The standard InChI is InChI=1S/C34H46O8/c1-3-12-28-31(19-17-27-29(35)21-24-42-34(27)28)41-22-9-5-4-7-13-25-14-11-15-30(26(25)18-20-32(36)37)40-23-10-6-8-16-33(38)39-2/h11,14-15,17,19H,3-10,12-13,16,18,20-24H2,1-2H3,(H,36,37). The van der Waals surface area contributed by atoms with E-state index in [1.165, 1.54) is 7.11 Å². The van der Waals surface area contributed by atoms with Crippen molar-refractivity contribution in [1.29, 1.82) is 0 Å². The Morgan fingerprint density at radius 2 is 1.55 bits per heavy atom. The molecule has 8 heteroatoms. The van der Waals surface area contributed by atoms with Gasteiger partial charge in [-0.2, -0.15) is 0 Å². The first-order valence-corrected chi connectivity index (χ1v) is 15.4. The van der Waals surface area contributed by atoms with Crippen molar-refractivity contribution in [2.24, 2.45) is 0 Å². The first-order chi connectivity index (χ1) is 20.4. The number of esters is 1. The lowest BCUT2D eigenvalue weighted by Gasteiger charge is -2.22. The summed E-state index contributed by atoms with van der Waals surface area (Å²) in [6.07, 6.45) is 10.4. The summed E-state index contributed by atoms with van der Waals surface area (Å²) >= 11 is 0. The number of methoxy groups -OCH3 is 1. The van der Waals surface area contributed by atoms with Crippen LogP contribution in [-0.4, -0.2) is 49.8 Å². The van der Waals surface area contributed by atoms with Gasteiger partial charge in [0.05, 0.1) is 32.5 Å². The van der Waals surface area contributed by atoms with Gasteiger partial charge in [0, 0.05) is 24.8 Å². The third-order valence-electron chi connectivity index (χ3n) is 7.52. The fourth-order valence-electron chi connectivity index (χ4n) is 5.28. The Morgan fingerprint density at radius 1 is 0.833 bits per heavy atom. The van der Waals surface area contributed by atoms with E-state index in [4.69, 9.17) is 14.2 Å².